The van der Waals surface area contributed by atoms with E-state index in [9.17, 15) is 4.79 Å². The second-order valence-electron chi connectivity index (χ2n) is 7.04. The number of rotatable bonds is 4. The maximum atomic E-state index is 12.8. The van der Waals surface area contributed by atoms with Crippen LogP contribution in [0.1, 0.15) is 48.9 Å². The van der Waals surface area contributed by atoms with Gasteiger partial charge in [-0.2, -0.15) is 0 Å². The van der Waals surface area contributed by atoms with Gasteiger partial charge in [-0.3, -0.25) is 9.69 Å². The number of hydrogen-bond donors (Lipinski definition) is 0. The summed E-state index contributed by atoms with van der Waals surface area (Å²) in [5.41, 5.74) is 0.667. The Hall–Kier alpha value is -1.75. The summed E-state index contributed by atoms with van der Waals surface area (Å²) in [6, 6.07) is 6.12. The van der Waals surface area contributed by atoms with Crippen molar-refractivity contribution in [1.29, 1.82) is 0 Å². The largest absolute Gasteiger partial charge is 0.493 e. The van der Waals surface area contributed by atoms with Crippen molar-refractivity contribution in [3.8, 4) is 11.5 Å². The van der Waals surface area contributed by atoms with Gasteiger partial charge in [0.25, 0.3) is 5.91 Å². The van der Waals surface area contributed by atoms with E-state index in [1.165, 1.54) is 38.5 Å². The lowest BCUT2D eigenvalue weighted by Gasteiger charge is -2.39. The summed E-state index contributed by atoms with van der Waals surface area (Å²) in [5.74, 6) is 1.34. The smallest absolute Gasteiger partial charge is 0.254 e. The van der Waals surface area contributed by atoms with Crippen LogP contribution >= 0.6 is 0 Å². The lowest BCUT2D eigenvalue weighted by molar-refractivity contribution is 0.0551. The van der Waals surface area contributed by atoms with E-state index in [0.717, 1.165) is 32.2 Å². The lowest BCUT2D eigenvalue weighted by atomic mass is 10.1. The normalized spacial score (nSPS) is 20.2. The van der Waals surface area contributed by atoms with Crippen molar-refractivity contribution in [2.45, 2.75) is 44.6 Å². The van der Waals surface area contributed by atoms with Gasteiger partial charge in [-0.15, -0.1) is 0 Å². The molecule has 1 amide bonds. The number of benzene rings is 1. The summed E-state index contributed by atoms with van der Waals surface area (Å²) in [7, 11) is 3.20. The molecule has 0 N–H and O–H groups in total. The number of hydrogen-bond acceptors (Lipinski definition) is 4. The molecule has 1 aromatic rings. The van der Waals surface area contributed by atoms with Gasteiger partial charge >= 0.3 is 0 Å². The maximum Gasteiger partial charge on any atom is 0.254 e. The van der Waals surface area contributed by atoms with Crippen LogP contribution in [-0.2, 0) is 0 Å². The van der Waals surface area contributed by atoms with Gasteiger partial charge in [0.2, 0.25) is 0 Å². The number of methoxy groups -OCH3 is 2. The Labute approximate surface area is 150 Å². The molecule has 25 heavy (non-hydrogen) atoms. The Morgan fingerprint density at radius 2 is 1.56 bits per heavy atom. The first-order chi connectivity index (χ1) is 12.2. The molecule has 1 aliphatic carbocycles. The summed E-state index contributed by atoms with van der Waals surface area (Å²) in [6.07, 6.45) is 8.13. The molecule has 1 aromatic carbocycles. The number of nitrogens with zero attached hydrogens (tertiary/aromatic N) is 2. The van der Waals surface area contributed by atoms with Crippen LogP contribution < -0.4 is 9.47 Å². The number of carbonyl (C=O) groups excluding carboxylic acids is 1. The van der Waals surface area contributed by atoms with E-state index in [0.29, 0.717) is 17.1 Å². The fraction of sp³-hybridized carbons (Fsp3) is 0.650. The Morgan fingerprint density at radius 1 is 0.920 bits per heavy atom. The van der Waals surface area contributed by atoms with Gasteiger partial charge in [-0.05, 0) is 31.0 Å². The third-order valence-corrected chi connectivity index (χ3v) is 5.57. The second-order valence-corrected chi connectivity index (χ2v) is 7.04. The van der Waals surface area contributed by atoms with E-state index in [1.807, 2.05) is 11.0 Å². The highest BCUT2D eigenvalue weighted by Gasteiger charge is 2.27. The van der Waals surface area contributed by atoms with Crippen LogP contribution in [0.25, 0.3) is 0 Å². The molecule has 1 heterocycles. The van der Waals surface area contributed by atoms with Crippen LogP contribution in [0.2, 0.25) is 0 Å². The van der Waals surface area contributed by atoms with Crippen molar-refractivity contribution in [2.24, 2.45) is 0 Å². The minimum absolute atomic E-state index is 0.0847. The molecule has 0 unspecified atom stereocenters. The highest BCUT2D eigenvalue weighted by Crippen LogP contribution is 2.28. The molecule has 0 radical (unpaired) electrons. The molecule has 3 rings (SSSR count). The van der Waals surface area contributed by atoms with E-state index >= 15 is 0 Å². The van der Waals surface area contributed by atoms with Crippen LogP contribution in [-0.4, -0.2) is 62.1 Å². The van der Waals surface area contributed by atoms with Gasteiger partial charge in [-0.25, -0.2) is 0 Å². The molecule has 5 heteroatoms. The summed E-state index contributed by atoms with van der Waals surface area (Å²) < 4.78 is 10.6. The number of piperazine rings is 1. The zero-order valence-corrected chi connectivity index (χ0v) is 15.5. The van der Waals surface area contributed by atoms with Crippen LogP contribution in [0.4, 0.5) is 0 Å². The number of ether oxygens (including phenoxy) is 2. The van der Waals surface area contributed by atoms with Gasteiger partial charge in [0.1, 0.15) is 0 Å². The molecule has 0 bridgehead atoms. The average Bonchev–Trinajstić information content (AvgIpc) is 2.96. The molecular formula is C20H30N2O3. The predicted molar refractivity (Wildman–Crippen MR) is 98.5 cm³/mol. The first-order valence-corrected chi connectivity index (χ1v) is 9.48. The molecule has 138 valence electrons. The van der Waals surface area contributed by atoms with Crippen LogP contribution in [0.15, 0.2) is 18.2 Å². The second kappa shape index (κ2) is 8.56. The molecule has 5 nitrogen and oxygen atoms in total. The summed E-state index contributed by atoms with van der Waals surface area (Å²) in [4.78, 5) is 17.4. The maximum absolute atomic E-state index is 12.8. The third kappa shape index (κ3) is 4.27. The Kier molecular flexibility index (Phi) is 6.19. The summed E-state index contributed by atoms with van der Waals surface area (Å²) in [6.45, 7) is 3.60. The molecule has 1 saturated heterocycles. The Morgan fingerprint density at radius 3 is 2.16 bits per heavy atom. The van der Waals surface area contributed by atoms with Crippen molar-refractivity contribution < 1.29 is 14.3 Å². The molecule has 0 spiro atoms. The van der Waals surface area contributed by atoms with Crippen LogP contribution in [0, 0.1) is 0 Å². The molecule has 2 aliphatic rings. The van der Waals surface area contributed by atoms with E-state index in [-0.39, 0.29) is 5.91 Å². The van der Waals surface area contributed by atoms with Gasteiger partial charge < -0.3 is 14.4 Å². The number of carbonyl (C=O) groups is 1. The minimum atomic E-state index is 0.0847. The van der Waals surface area contributed by atoms with Crippen molar-refractivity contribution in [2.75, 3.05) is 40.4 Å². The third-order valence-electron chi connectivity index (χ3n) is 5.57. The lowest BCUT2D eigenvalue weighted by Crippen LogP contribution is -2.51. The van der Waals surface area contributed by atoms with E-state index in [4.69, 9.17) is 9.47 Å². The Balaban J connectivity index is 1.59. The minimum Gasteiger partial charge on any atom is -0.493 e. The molecule has 1 aliphatic heterocycles. The fourth-order valence-corrected chi connectivity index (χ4v) is 4.06. The highest BCUT2D eigenvalue weighted by atomic mass is 16.5. The summed E-state index contributed by atoms with van der Waals surface area (Å²) in [5, 5.41) is 0. The van der Waals surface area contributed by atoms with Gasteiger partial charge in [0, 0.05) is 37.8 Å². The average molecular weight is 346 g/mol. The standard InChI is InChI=1S/C20H30N2O3/c1-24-18-10-9-16(15-19(18)25-2)20(23)22-13-11-21(12-14-22)17-7-5-3-4-6-8-17/h9-10,15,17H,3-8,11-14H2,1-2H3. The van der Waals surface area contributed by atoms with Crippen molar-refractivity contribution in [3.63, 3.8) is 0 Å². The molecule has 0 aromatic heterocycles. The highest BCUT2D eigenvalue weighted by molar-refractivity contribution is 5.95. The quantitative estimate of drug-likeness (QED) is 0.785. The molecule has 1 saturated carbocycles. The van der Waals surface area contributed by atoms with Crippen molar-refractivity contribution >= 4 is 5.91 Å². The van der Waals surface area contributed by atoms with Gasteiger partial charge in [0.15, 0.2) is 11.5 Å². The fourth-order valence-electron chi connectivity index (χ4n) is 4.06. The Bertz CT molecular complexity index is 574. The van der Waals surface area contributed by atoms with Crippen LogP contribution in [0.5, 0.6) is 11.5 Å². The summed E-state index contributed by atoms with van der Waals surface area (Å²) >= 11 is 0. The number of amides is 1. The van der Waals surface area contributed by atoms with Gasteiger partial charge in [0.05, 0.1) is 14.2 Å². The zero-order chi connectivity index (χ0) is 17.6. The van der Waals surface area contributed by atoms with E-state index in [2.05, 4.69) is 4.90 Å². The van der Waals surface area contributed by atoms with Crippen molar-refractivity contribution in [1.82, 2.24) is 9.80 Å². The monoisotopic (exact) mass is 346 g/mol. The molecular weight excluding hydrogens is 316 g/mol. The molecule has 2 fully saturated rings. The zero-order valence-electron chi connectivity index (χ0n) is 15.5. The van der Waals surface area contributed by atoms with Crippen molar-refractivity contribution in [3.05, 3.63) is 23.8 Å². The van der Waals surface area contributed by atoms with Gasteiger partial charge in [-0.1, -0.05) is 25.7 Å². The SMILES string of the molecule is COc1ccc(C(=O)N2CCN(C3CCCCCC3)CC2)cc1OC. The topological polar surface area (TPSA) is 42.0 Å². The first kappa shape index (κ1) is 18.1. The first-order valence-electron chi connectivity index (χ1n) is 9.48. The molecule has 0 atom stereocenters. The van der Waals surface area contributed by atoms with Crippen LogP contribution in [0.3, 0.4) is 0 Å². The predicted octanol–water partition coefficient (Wildman–Crippen LogP) is 3.18. The van der Waals surface area contributed by atoms with E-state index < -0.39 is 0 Å². The van der Waals surface area contributed by atoms with E-state index in [1.54, 1.807) is 26.4 Å².